The Morgan fingerprint density at radius 3 is 2.68 bits per heavy atom. The molecule has 1 N–H and O–H groups in total. The molecule has 0 amide bonds. The predicted octanol–water partition coefficient (Wildman–Crippen LogP) is 2.77. The van der Waals surface area contributed by atoms with Crippen LogP contribution in [0.2, 0.25) is 0 Å². The zero-order chi connectivity index (χ0) is 15.5. The molecule has 4 unspecified atom stereocenters. The fourth-order valence-electron chi connectivity index (χ4n) is 6.48. The zero-order valence-electron chi connectivity index (χ0n) is 13.3. The summed E-state index contributed by atoms with van der Waals surface area (Å²) in [6.45, 7) is 2.28. The molecule has 3 fully saturated rings. The molecule has 0 saturated heterocycles. The van der Waals surface area contributed by atoms with Gasteiger partial charge in [0.05, 0.1) is 12.0 Å². The predicted molar refractivity (Wildman–Crippen MR) is 83.0 cm³/mol. The first kappa shape index (κ1) is 14.6. The second-order valence-electron chi connectivity index (χ2n) is 8.31. The maximum absolute atomic E-state index is 12.0. The fourth-order valence-corrected chi connectivity index (χ4v) is 6.48. The second-order valence-corrected chi connectivity index (χ2v) is 8.31. The minimum atomic E-state index is -0.404. The minimum Gasteiger partial charge on any atom is -0.393 e. The molecule has 0 spiro atoms. The van der Waals surface area contributed by atoms with Crippen LogP contribution >= 0.6 is 0 Å². The van der Waals surface area contributed by atoms with E-state index in [2.05, 4.69) is 13.0 Å². The van der Waals surface area contributed by atoms with Gasteiger partial charge in [0, 0.05) is 0 Å². The third kappa shape index (κ3) is 1.84. The van der Waals surface area contributed by atoms with Crippen molar-refractivity contribution in [2.45, 2.75) is 51.6 Å². The summed E-state index contributed by atoms with van der Waals surface area (Å²) >= 11 is 0. The highest BCUT2D eigenvalue weighted by molar-refractivity contribution is 6.01. The van der Waals surface area contributed by atoms with Gasteiger partial charge in [-0.1, -0.05) is 13.0 Å². The number of hydrogen-bond acceptors (Lipinski definition) is 3. The molecule has 4 rings (SSSR count). The number of allylic oxidation sites excluding steroid dienone is 2. The van der Waals surface area contributed by atoms with E-state index in [9.17, 15) is 14.7 Å². The lowest BCUT2D eigenvalue weighted by Gasteiger charge is -2.54. The molecule has 0 aromatic heterocycles. The Balaban J connectivity index is 1.64. The van der Waals surface area contributed by atoms with Gasteiger partial charge >= 0.3 is 0 Å². The van der Waals surface area contributed by atoms with Gasteiger partial charge in [-0.05, 0) is 79.6 Å². The molecule has 0 bridgehead atoms. The largest absolute Gasteiger partial charge is 0.393 e. The van der Waals surface area contributed by atoms with E-state index in [1.165, 1.54) is 0 Å². The van der Waals surface area contributed by atoms with Gasteiger partial charge < -0.3 is 9.90 Å². The van der Waals surface area contributed by atoms with Crippen LogP contribution in [0.5, 0.6) is 0 Å². The first-order chi connectivity index (χ1) is 10.6. The summed E-state index contributed by atoms with van der Waals surface area (Å²) in [6.07, 6.45) is 11.0. The standard InChI is InChI=1S/C19H26O3/c1-19-9-8-13-11-4-6-17(21)15(10-20)12(11)2-3-14(13)16(19)5-7-18(19)22/h4,6,10-16,18,22H,2-3,5,7-9H2,1H3/t11-,12+,13?,14?,15?,16?,18-,19-/m0/s1. The lowest BCUT2D eigenvalue weighted by molar-refractivity contribution is -0.131. The average molecular weight is 302 g/mol. The van der Waals surface area contributed by atoms with E-state index in [1.807, 2.05) is 0 Å². The second kappa shape index (κ2) is 5.02. The van der Waals surface area contributed by atoms with Crippen LogP contribution in [0.1, 0.15) is 45.4 Å². The van der Waals surface area contributed by atoms with Crippen LogP contribution in [0.4, 0.5) is 0 Å². The van der Waals surface area contributed by atoms with Crippen molar-refractivity contribution in [3.8, 4) is 0 Å². The van der Waals surface area contributed by atoms with Crippen LogP contribution in [-0.4, -0.2) is 23.3 Å². The minimum absolute atomic E-state index is 0.00614. The monoisotopic (exact) mass is 302 g/mol. The van der Waals surface area contributed by atoms with Gasteiger partial charge in [0.25, 0.3) is 0 Å². The topological polar surface area (TPSA) is 54.4 Å². The molecule has 0 radical (unpaired) electrons. The molecular formula is C19H26O3. The third-order valence-corrected chi connectivity index (χ3v) is 7.68. The molecule has 120 valence electrons. The normalized spacial score (nSPS) is 53.5. The maximum Gasteiger partial charge on any atom is 0.165 e. The molecule has 0 aliphatic heterocycles. The van der Waals surface area contributed by atoms with Gasteiger partial charge in [-0.2, -0.15) is 0 Å². The first-order valence-electron chi connectivity index (χ1n) is 8.91. The Morgan fingerprint density at radius 2 is 1.91 bits per heavy atom. The van der Waals surface area contributed by atoms with Crippen molar-refractivity contribution in [1.29, 1.82) is 0 Å². The number of rotatable bonds is 1. The van der Waals surface area contributed by atoms with Crippen molar-refractivity contribution < 1.29 is 14.7 Å². The SMILES string of the molecule is C[C@]12CCC3C(CC[C@H]4C(C=O)C(=O)C=C[C@H]34)C1CC[C@@H]2O. The van der Waals surface area contributed by atoms with Crippen molar-refractivity contribution in [2.24, 2.45) is 40.9 Å². The molecule has 0 aromatic rings. The summed E-state index contributed by atoms with van der Waals surface area (Å²) in [6, 6.07) is 0. The number of carbonyl (C=O) groups is 2. The molecule has 0 heterocycles. The quantitative estimate of drug-likeness (QED) is 0.598. The molecular weight excluding hydrogens is 276 g/mol. The highest BCUT2D eigenvalue weighted by Gasteiger charge is 2.57. The lowest BCUT2D eigenvalue weighted by Crippen LogP contribution is -2.50. The summed E-state index contributed by atoms with van der Waals surface area (Å²) in [4.78, 5) is 23.3. The number of aliphatic hydroxyl groups is 1. The van der Waals surface area contributed by atoms with Gasteiger partial charge in [-0.25, -0.2) is 0 Å². The van der Waals surface area contributed by atoms with Crippen LogP contribution in [-0.2, 0) is 9.59 Å². The Morgan fingerprint density at radius 1 is 1.14 bits per heavy atom. The van der Waals surface area contributed by atoms with E-state index in [4.69, 9.17) is 0 Å². The van der Waals surface area contributed by atoms with E-state index in [0.29, 0.717) is 23.7 Å². The summed E-state index contributed by atoms with van der Waals surface area (Å²) in [5, 5.41) is 10.4. The number of hydrogen-bond donors (Lipinski definition) is 1. The molecule has 3 heteroatoms. The number of aldehydes is 1. The molecule has 4 aliphatic carbocycles. The van der Waals surface area contributed by atoms with Gasteiger partial charge in [-0.15, -0.1) is 0 Å². The van der Waals surface area contributed by atoms with Gasteiger partial charge in [0.1, 0.15) is 6.29 Å². The van der Waals surface area contributed by atoms with Gasteiger partial charge in [0.15, 0.2) is 5.78 Å². The number of ketones is 1. The van der Waals surface area contributed by atoms with Crippen molar-refractivity contribution >= 4 is 12.1 Å². The molecule has 22 heavy (non-hydrogen) atoms. The van der Waals surface area contributed by atoms with E-state index >= 15 is 0 Å². The first-order valence-corrected chi connectivity index (χ1v) is 8.91. The van der Waals surface area contributed by atoms with Crippen LogP contribution in [0, 0.1) is 40.9 Å². The van der Waals surface area contributed by atoms with Crippen LogP contribution in [0.3, 0.4) is 0 Å². The highest BCUT2D eigenvalue weighted by Crippen LogP contribution is 2.61. The average Bonchev–Trinajstić information content (AvgIpc) is 2.82. The van der Waals surface area contributed by atoms with Crippen molar-refractivity contribution in [2.75, 3.05) is 0 Å². The molecule has 8 atom stereocenters. The molecule has 3 saturated carbocycles. The number of aliphatic hydroxyl groups excluding tert-OH is 1. The Labute approximate surface area is 132 Å². The highest BCUT2D eigenvalue weighted by atomic mass is 16.3. The Hall–Kier alpha value is -0.960. The van der Waals surface area contributed by atoms with Crippen molar-refractivity contribution in [3.05, 3.63) is 12.2 Å². The van der Waals surface area contributed by atoms with E-state index in [1.54, 1.807) is 6.08 Å². The van der Waals surface area contributed by atoms with Gasteiger partial charge in [-0.3, -0.25) is 4.79 Å². The van der Waals surface area contributed by atoms with Crippen LogP contribution in [0.25, 0.3) is 0 Å². The third-order valence-electron chi connectivity index (χ3n) is 7.68. The van der Waals surface area contributed by atoms with E-state index in [0.717, 1.165) is 44.8 Å². The fraction of sp³-hybridized carbons (Fsp3) is 0.789. The van der Waals surface area contributed by atoms with Crippen molar-refractivity contribution in [3.63, 3.8) is 0 Å². The van der Waals surface area contributed by atoms with E-state index < -0.39 is 5.92 Å². The molecule has 4 aliphatic rings. The van der Waals surface area contributed by atoms with Crippen molar-refractivity contribution in [1.82, 2.24) is 0 Å². The van der Waals surface area contributed by atoms with E-state index in [-0.39, 0.29) is 23.2 Å². The van der Waals surface area contributed by atoms with Crippen LogP contribution < -0.4 is 0 Å². The number of fused-ring (bicyclic) bond motifs is 5. The summed E-state index contributed by atoms with van der Waals surface area (Å²) < 4.78 is 0. The summed E-state index contributed by atoms with van der Waals surface area (Å²) in [7, 11) is 0. The van der Waals surface area contributed by atoms with Crippen LogP contribution in [0.15, 0.2) is 12.2 Å². The summed E-state index contributed by atoms with van der Waals surface area (Å²) in [5.74, 6) is 2.13. The van der Waals surface area contributed by atoms with Gasteiger partial charge in [0.2, 0.25) is 0 Å². The molecule has 3 nitrogen and oxygen atoms in total. The lowest BCUT2D eigenvalue weighted by atomic mass is 9.50. The maximum atomic E-state index is 12.0. The smallest absolute Gasteiger partial charge is 0.165 e. The zero-order valence-corrected chi connectivity index (χ0v) is 13.3. The summed E-state index contributed by atoms with van der Waals surface area (Å²) in [5.41, 5.74) is 0.103. The number of carbonyl (C=O) groups excluding carboxylic acids is 2. The Bertz CT molecular complexity index is 525. The molecule has 0 aromatic carbocycles. The Kier molecular flexibility index (Phi) is 3.34.